The minimum absolute atomic E-state index is 0.123. The number of benzene rings is 2. The highest BCUT2D eigenvalue weighted by Gasteiger charge is 2.12. The van der Waals surface area contributed by atoms with Crippen LogP contribution in [0.1, 0.15) is 5.56 Å². The Hall–Kier alpha value is -3.42. The Morgan fingerprint density at radius 2 is 1.73 bits per heavy atom. The van der Waals surface area contributed by atoms with Crippen molar-refractivity contribution in [2.45, 2.75) is 0 Å². The van der Waals surface area contributed by atoms with Crippen LogP contribution in [0.3, 0.4) is 0 Å². The number of anilines is 1. The van der Waals surface area contributed by atoms with Crippen LogP contribution in [0.5, 0.6) is 0 Å². The number of amides is 1. The first-order valence-electron chi connectivity index (χ1n) is 8.28. The van der Waals surface area contributed by atoms with E-state index in [-0.39, 0.29) is 19.1 Å². The second-order valence-corrected chi connectivity index (χ2v) is 5.58. The minimum Gasteiger partial charge on any atom is -0.395 e. The van der Waals surface area contributed by atoms with Gasteiger partial charge in [0.15, 0.2) is 0 Å². The lowest BCUT2D eigenvalue weighted by Gasteiger charge is -2.18. The first kappa shape index (κ1) is 17.4. The van der Waals surface area contributed by atoms with Gasteiger partial charge in [0, 0.05) is 36.1 Å². The number of para-hydroxylation sites is 1. The van der Waals surface area contributed by atoms with Gasteiger partial charge in [-0.3, -0.25) is 14.7 Å². The molecule has 0 unspecified atom stereocenters. The summed E-state index contributed by atoms with van der Waals surface area (Å²) in [6.45, 7) is 0.0829. The third kappa shape index (κ3) is 4.35. The van der Waals surface area contributed by atoms with Gasteiger partial charge in [-0.25, -0.2) is 0 Å². The van der Waals surface area contributed by atoms with Crippen LogP contribution in [0.4, 0.5) is 5.69 Å². The molecular formula is C22H18N2O2. The average Bonchev–Trinajstić information content (AvgIpc) is 2.72. The van der Waals surface area contributed by atoms with Crippen molar-refractivity contribution < 1.29 is 9.90 Å². The molecule has 0 fully saturated rings. The van der Waals surface area contributed by atoms with Crippen LogP contribution in [0.15, 0.2) is 79.1 Å². The normalized spacial score (nSPS) is 9.88. The predicted octanol–water partition coefficient (Wildman–Crippen LogP) is 3.13. The molecule has 0 aliphatic rings. The number of hydrogen-bond donors (Lipinski definition) is 1. The van der Waals surface area contributed by atoms with E-state index >= 15 is 0 Å². The molecule has 0 radical (unpaired) electrons. The summed E-state index contributed by atoms with van der Waals surface area (Å²) in [5.41, 5.74) is 3.54. The highest BCUT2D eigenvalue weighted by Crippen LogP contribution is 2.18. The largest absolute Gasteiger partial charge is 0.395 e. The van der Waals surface area contributed by atoms with Gasteiger partial charge in [-0.2, -0.15) is 0 Å². The second-order valence-electron chi connectivity index (χ2n) is 5.58. The van der Waals surface area contributed by atoms with E-state index in [1.807, 2.05) is 66.7 Å². The summed E-state index contributed by atoms with van der Waals surface area (Å²) < 4.78 is 0. The fraction of sp³-hybridized carbons (Fsp3) is 0.0909. The quantitative estimate of drug-likeness (QED) is 0.741. The zero-order chi connectivity index (χ0) is 18.2. The number of aromatic nitrogens is 1. The molecule has 0 aliphatic heterocycles. The highest BCUT2D eigenvalue weighted by molar-refractivity contribution is 6.06. The molecule has 26 heavy (non-hydrogen) atoms. The minimum atomic E-state index is -0.346. The van der Waals surface area contributed by atoms with Crippen molar-refractivity contribution in [2.75, 3.05) is 18.1 Å². The molecule has 128 valence electrons. The topological polar surface area (TPSA) is 53.4 Å². The van der Waals surface area contributed by atoms with Crippen molar-refractivity contribution in [3.05, 3.63) is 84.7 Å². The van der Waals surface area contributed by atoms with Crippen LogP contribution in [0, 0.1) is 11.8 Å². The maximum Gasteiger partial charge on any atom is 0.303 e. The number of aliphatic hydroxyl groups is 1. The van der Waals surface area contributed by atoms with Gasteiger partial charge in [-0.15, -0.1) is 0 Å². The number of pyridine rings is 1. The molecule has 1 N–H and O–H groups in total. The average molecular weight is 342 g/mol. The molecule has 4 heteroatoms. The summed E-state index contributed by atoms with van der Waals surface area (Å²) in [5.74, 6) is 5.20. The zero-order valence-electron chi connectivity index (χ0n) is 14.2. The summed E-state index contributed by atoms with van der Waals surface area (Å²) in [7, 11) is 0. The third-order valence-electron chi connectivity index (χ3n) is 3.83. The van der Waals surface area contributed by atoms with Crippen molar-refractivity contribution in [2.24, 2.45) is 0 Å². The third-order valence-corrected chi connectivity index (χ3v) is 3.83. The molecule has 0 atom stereocenters. The van der Waals surface area contributed by atoms with Crippen LogP contribution < -0.4 is 4.90 Å². The second kappa shape index (κ2) is 8.61. The van der Waals surface area contributed by atoms with Gasteiger partial charge in [-0.05, 0) is 41.5 Å². The smallest absolute Gasteiger partial charge is 0.303 e. The molecule has 1 heterocycles. The molecule has 3 rings (SSSR count). The Morgan fingerprint density at radius 3 is 2.38 bits per heavy atom. The number of carbonyl (C=O) groups excluding carboxylic acids is 1. The number of carbonyl (C=O) groups is 1. The lowest BCUT2D eigenvalue weighted by atomic mass is 10.1. The van der Waals surface area contributed by atoms with Crippen LogP contribution in [-0.4, -0.2) is 29.1 Å². The predicted molar refractivity (Wildman–Crippen MR) is 102 cm³/mol. The van der Waals surface area contributed by atoms with Gasteiger partial charge >= 0.3 is 5.91 Å². The lowest BCUT2D eigenvalue weighted by molar-refractivity contribution is -0.113. The summed E-state index contributed by atoms with van der Waals surface area (Å²) >= 11 is 0. The van der Waals surface area contributed by atoms with Crippen LogP contribution >= 0.6 is 0 Å². The standard InChI is InChI=1S/C22H18N2O2/c25-16-15-24(21-6-2-1-3-7-21)22(26)13-10-18-8-11-19(12-9-18)20-5-4-14-23-17-20/h1-9,11-12,14,17,25H,15-16H2. The summed E-state index contributed by atoms with van der Waals surface area (Å²) in [5, 5.41) is 9.22. The fourth-order valence-corrected chi connectivity index (χ4v) is 2.53. The zero-order valence-corrected chi connectivity index (χ0v) is 14.2. The van der Waals surface area contributed by atoms with Crippen LogP contribution in [0.2, 0.25) is 0 Å². The highest BCUT2D eigenvalue weighted by atomic mass is 16.3. The SMILES string of the molecule is O=C(C#Cc1ccc(-c2cccnc2)cc1)N(CCO)c1ccccc1. The summed E-state index contributed by atoms with van der Waals surface area (Å²) in [6, 6.07) is 20.7. The van der Waals surface area contributed by atoms with Gasteiger partial charge in [0.25, 0.3) is 0 Å². The van der Waals surface area contributed by atoms with Gasteiger partial charge in [0.05, 0.1) is 6.61 Å². The number of aliphatic hydroxyl groups excluding tert-OH is 1. The van der Waals surface area contributed by atoms with Crippen molar-refractivity contribution in [3.8, 4) is 23.0 Å². The Balaban J connectivity index is 1.76. The van der Waals surface area contributed by atoms with Crippen molar-refractivity contribution in [3.63, 3.8) is 0 Å². The van der Waals surface area contributed by atoms with E-state index in [0.29, 0.717) is 5.69 Å². The Kier molecular flexibility index (Phi) is 5.76. The molecule has 0 spiro atoms. The van der Waals surface area contributed by atoms with Crippen LogP contribution in [-0.2, 0) is 4.79 Å². The molecule has 0 saturated carbocycles. The van der Waals surface area contributed by atoms with E-state index < -0.39 is 0 Å². The monoisotopic (exact) mass is 342 g/mol. The Bertz CT molecular complexity index is 911. The van der Waals surface area contributed by atoms with E-state index in [1.54, 1.807) is 12.4 Å². The van der Waals surface area contributed by atoms with E-state index in [2.05, 4.69) is 16.8 Å². The molecule has 4 nitrogen and oxygen atoms in total. The molecule has 1 amide bonds. The first-order chi connectivity index (χ1) is 12.8. The molecule has 2 aromatic carbocycles. The van der Waals surface area contributed by atoms with Crippen LogP contribution in [0.25, 0.3) is 11.1 Å². The Morgan fingerprint density at radius 1 is 0.962 bits per heavy atom. The maximum atomic E-state index is 12.4. The number of hydrogen-bond acceptors (Lipinski definition) is 3. The summed E-state index contributed by atoms with van der Waals surface area (Å²) in [4.78, 5) is 18.0. The molecule has 0 saturated heterocycles. The molecule has 1 aromatic heterocycles. The lowest BCUT2D eigenvalue weighted by Crippen LogP contribution is -2.32. The molecular weight excluding hydrogens is 324 g/mol. The van der Waals surface area contributed by atoms with Crippen molar-refractivity contribution in [1.82, 2.24) is 4.98 Å². The van der Waals surface area contributed by atoms with E-state index in [9.17, 15) is 9.90 Å². The fourth-order valence-electron chi connectivity index (χ4n) is 2.53. The van der Waals surface area contributed by atoms with Crippen molar-refractivity contribution in [1.29, 1.82) is 0 Å². The van der Waals surface area contributed by atoms with E-state index in [1.165, 1.54) is 4.90 Å². The van der Waals surface area contributed by atoms with Crippen molar-refractivity contribution >= 4 is 11.6 Å². The van der Waals surface area contributed by atoms with Gasteiger partial charge in [-0.1, -0.05) is 42.3 Å². The van der Waals surface area contributed by atoms with Gasteiger partial charge in [0.1, 0.15) is 0 Å². The first-order valence-corrected chi connectivity index (χ1v) is 8.28. The molecule has 0 aliphatic carbocycles. The van der Waals surface area contributed by atoms with Gasteiger partial charge in [0.2, 0.25) is 0 Å². The molecule has 0 bridgehead atoms. The number of rotatable bonds is 4. The summed E-state index contributed by atoms with van der Waals surface area (Å²) in [6.07, 6.45) is 3.54. The van der Waals surface area contributed by atoms with E-state index in [0.717, 1.165) is 16.7 Å². The maximum absolute atomic E-state index is 12.4. The van der Waals surface area contributed by atoms with E-state index in [4.69, 9.17) is 0 Å². The molecule has 3 aromatic rings. The van der Waals surface area contributed by atoms with Gasteiger partial charge < -0.3 is 5.11 Å². The number of nitrogens with zero attached hydrogens (tertiary/aromatic N) is 2. The Labute approximate surface area is 152 Å².